The number of aromatic nitrogens is 3. The second kappa shape index (κ2) is 9.94. The van der Waals surface area contributed by atoms with Crippen LogP contribution < -0.4 is 0 Å². The van der Waals surface area contributed by atoms with Gasteiger partial charge in [-0.25, -0.2) is 4.98 Å². The molecule has 0 amide bonds. The fourth-order valence-electron chi connectivity index (χ4n) is 6.04. The number of nitrogens with zero attached hydrogens (tertiary/aromatic N) is 5. The van der Waals surface area contributed by atoms with Gasteiger partial charge in [0.2, 0.25) is 0 Å². The molecule has 33 heavy (non-hydrogen) atoms. The van der Waals surface area contributed by atoms with E-state index in [9.17, 15) is 0 Å². The lowest BCUT2D eigenvalue weighted by Crippen LogP contribution is -2.39. The van der Waals surface area contributed by atoms with E-state index in [2.05, 4.69) is 71.7 Å². The summed E-state index contributed by atoms with van der Waals surface area (Å²) in [5.74, 6) is 2.62. The molecule has 0 saturated carbocycles. The van der Waals surface area contributed by atoms with Crippen molar-refractivity contribution in [1.82, 2.24) is 24.3 Å². The van der Waals surface area contributed by atoms with Gasteiger partial charge in [0.25, 0.3) is 0 Å². The molecular formula is C28H39N5. The molecule has 5 nitrogen and oxygen atoms in total. The van der Waals surface area contributed by atoms with Crippen LogP contribution in [0.25, 0.3) is 11.0 Å². The Morgan fingerprint density at radius 3 is 2.85 bits per heavy atom. The van der Waals surface area contributed by atoms with Gasteiger partial charge >= 0.3 is 0 Å². The summed E-state index contributed by atoms with van der Waals surface area (Å²) in [4.78, 5) is 15.1. The zero-order chi connectivity index (χ0) is 22.8. The van der Waals surface area contributed by atoms with Crippen LogP contribution >= 0.6 is 0 Å². The van der Waals surface area contributed by atoms with Gasteiger partial charge in [-0.15, -0.1) is 0 Å². The third-order valence-electron chi connectivity index (χ3n) is 7.49. The number of para-hydroxylation sites is 2. The lowest BCUT2D eigenvalue weighted by molar-refractivity contribution is 0.146. The number of likely N-dealkylation sites (tertiary alicyclic amines) is 1. The third-order valence-corrected chi connectivity index (χ3v) is 7.49. The maximum atomic E-state index is 5.12. The summed E-state index contributed by atoms with van der Waals surface area (Å²) >= 11 is 0. The van der Waals surface area contributed by atoms with Crippen LogP contribution in [0.1, 0.15) is 62.7 Å². The fourth-order valence-corrected chi connectivity index (χ4v) is 6.04. The van der Waals surface area contributed by atoms with Crippen LogP contribution in [-0.2, 0) is 19.5 Å². The Morgan fingerprint density at radius 1 is 1.09 bits per heavy atom. The number of aryl methyl sites for hydroxylation is 1. The summed E-state index contributed by atoms with van der Waals surface area (Å²) in [6, 6.07) is 13.4. The predicted octanol–water partition coefficient (Wildman–Crippen LogP) is 5.31. The lowest BCUT2D eigenvalue weighted by Gasteiger charge is -2.35. The van der Waals surface area contributed by atoms with Crippen molar-refractivity contribution in [2.75, 3.05) is 26.7 Å². The van der Waals surface area contributed by atoms with Crippen LogP contribution in [0, 0.1) is 11.8 Å². The Morgan fingerprint density at radius 2 is 1.97 bits per heavy atom. The van der Waals surface area contributed by atoms with Gasteiger partial charge < -0.3 is 9.47 Å². The molecule has 5 heteroatoms. The van der Waals surface area contributed by atoms with Crippen molar-refractivity contribution in [3.8, 4) is 0 Å². The molecule has 0 N–H and O–H groups in total. The van der Waals surface area contributed by atoms with Gasteiger partial charge in [0.15, 0.2) is 0 Å². The van der Waals surface area contributed by atoms with Gasteiger partial charge in [0, 0.05) is 25.8 Å². The number of benzene rings is 1. The van der Waals surface area contributed by atoms with Crippen LogP contribution in [0.15, 0.2) is 42.6 Å². The van der Waals surface area contributed by atoms with Crippen molar-refractivity contribution in [1.29, 1.82) is 0 Å². The van der Waals surface area contributed by atoms with Crippen molar-refractivity contribution in [3.63, 3.8) is 0 Å². The summed E-state index contributed by atoms with van der Waals surface area (Å²) in [5, 5.41) is 0. The van der Waals surface area contributed by atoms with Crippen molar-refractivity contribution >= 4 is 11.0 Å². The Kier molecular flexibility index (Phi) is 6.79. The van der Waals surface area contributed by atoms with E-state index < -0.39 is 0 Å². The van der Waals surface area contributed by atoms with E-state index in [4.69, 9.17) is 9.97 Å². The zero-order valence-electron chi connectivity index (χ0n) is 20.6. The van der Waals surface area contributed by atoms with E-state index in [1.165, 1.54) is 67.9 Å². The topological polar surface area (TPSA) is 37.2 Å². The van der Waals surface area contributed by atoms with Crippen molar-refractivity contribution in [2.24, 2.45) is 11.8 Å². The Balaban J connectivity index is 1.38. The molecule has 1 aromatic carbocycles. The van der Waals surface area contributed by atoms with Crippen molar-refractivity contribution in [2.45, 2.75) is 65.1 Å². The number of rotatable bonds is 7. The Hall–Kier alpha value is -2.24. The number of pyridine rings is 1. The van der Waals surface area contributed by atoms with Crippen LogP contribution in [-0.4, -0.2) is 51.0 Å². The van der Waals surface area contributed by atoms with Crippen LogP contribution in [0.3, 0.4) is 0 Å². The Bertz CT molecular complexity index is 1070. The summed E-state index contributed by atoms with van der Waals surface area (Å²) in [6.45, 7) is 10.3. The molecule has 0 radical (unpaired) electrons. The minimum Gasteiger partial charge on any atom is -0.327 e. The summed E-state index contributed by atoms with van der Waals surface area (Å²) in [6.07, 6.45) is 8.14. The van der Waals surface area contributed by atoms with Gasteiger partial charge in [-0.3, -0.25) is 9.88 Å². The Labute approximate surface area is 198 Å². The molecule has 0 bridgehead atoms. The first-order valence-corrected chi connectivity index (χ1v) is 12.9. The summed E-state index contributed by atoms with van der Waals surface area (Å²) in [5.41, 5.74) is 5.09. The molecule has 176 valence electrons. The van der Waals surface area contributed by atoms with E-state index in [1.54, 1.807) is 0 Å². The largest absolute Gasteiger partial charge is 0.327 e. The van der Waals surface area contributed by atoms with Gasteiger partial charge in [0.1, 0.15) is 5.82 Å². The lowest BCUT2D eigenvalue weighted by atomic mass is 9.91. The normalized spacial score (nSPS) is 21.7. The minimum absolute atomic E-state index is 0.374. The number of fused-ring (bicyclic) bond motifs is 2. The molecule has 1 aliphatic carbocycles. The highest BCUT2D eigenvalue weighted by atomic mass is 15.2. The van der Waals surface area contributed by atoms with Gasteiger partial charge in [-0.2, -0.15) is 0 Å². The zero-order valence-corrected chi connectivity index (χ0v) is 20.6. The molecular weight excluding hydrogens is 406 g/mol. The van der Waals surface area contributed by atoms with Crippen LogP contribution in [0.5, 0.6) is 0 Å². The molecule has 1 fully saturated rings. The minimum atomic E-state index is 0.374. The molecule has 3 heterocycles. The fraction of sp³-hybridized carbons (Fsp3) is 0.571. The standard InChI is InChI=1S/C28H39N5/c1-21(2)17-32-16-8-9-22(18-32)19-33-25-13-5-4-12-24(25)30-27(33)20-31(3)26-14-6-10-23-11-7-15-29-28(23)26/h4-5,7,11-13,15,21-22,26H,6,8-10,14,16-20H2,1-3H3/t22-,26-/m0/s1. The highest BCUT2D eigenvalue weighted by Gasteiger charge is 2.27. The van der Waals surface area contributed by atoms with E-state index in [0.717, 1.165) is 30.9 Å². The highest BCUT2D eigenvalue weighted by Crippen LogP contribution is 2.33. The molecule has 0 spiro atoms. The van der Waals surface area contributed by atoms with Crippen LogP contribution in [0.2, 0.25) is 0 Å². The molecule has 0 unspecified atom stereocenters. The van der Waals surface area contributed by atoms with Crippen molar-refractivity contribution < 1.29 is 0 Å². The SMILES string of the molecule is CC(C)CN1CCC[C@H](Cn2c(CN(C)[C@H]3CCCc4cccnc43)nc3ccccc32)C1. The first kappa shape index (κ1) is 22.5. The summed E-state index contributed by atoms with van der Waals surface area (Å²) in [7, 11) is 2.25. The molecule has 2 atom stereocenters. The predicted molar refractivity (Wildman–Crippen MR) is 135 cm³/mol. The molecule has 1 saturated heterocycles. The monoisotopic (exact) mass is 445 g/mol. The van der Waals surface area contributed by atoms with Gasteiger partial charge in [-0.05, 0) is 81.3 Å². The van der Waals surface area contributed by atoms with E-state index >= 15 is 0 Å². The van der Waals surface area contributed by atoms with Gasteiger partial charge in [0.05, 0.1) is 29.3 Å². The first-order valence-electron chi connectivity index (χ1n) is 12.9. The van der Waals surface area contributed by atoms with E-state index in [-0.39, 0.29) is 0 Å². The van der Waals surface area contributed by atoms with E-state index in [1.807, 2.05) is 6.20 Å². The number of hydrogen-bond donors (Lipinski definition) is 0. The van der Waals surface area contributed by atoms with Crippen molar-refractivity contribution in [3.05, 3.63) is 59.7 Å². The average Bonchev–Trinajstić information content (AvgIpc) is 3.15. The number of imidazole rings is 1. The molecule has 1 aliphatic heterocycles. The highest BCUT2D eigenvalue weighted by molar-refractivity contribution is 5.75. The average molecular weight is 446 g/mol. The molecule has 2 aliphatic rings. The van der Waals surface area contributed by atoms with Gasteiger partial charge in [-0.1, -0.05) is 32.0 Å². The quantitative estimate of drug-likeness (QED) is 0.494. The molecule has 3 aromatic rings. The summed E-state index contributed by atoms with van der Waals surface area (Å²) < 4.78 is 2.53. The smallest absolute Gasteiger partial charge is 0.124 e. The maximum Gasteiger partial charge on any atom is 0.124 e. The van der Waals surface area contributed by atoms with E-state index in [0.29, 0.717) is 12.0 Å². The number of piperidine rings is 1. The third kappa shape index (κ3) is 4.99. The second-order valence-electron chi connectivity index (χ2n) is 10.7. The molecule has 2 aromatic heterocycles. The van der Waals surface area contributed by atoms with Crippen LogP contribution in [0.4, 0.5) is 0 Å². The second-order valence-corrected chi connectivity index (χ2v) is 10.7. The maximum absolute atomic E-state index is 5.12. The first-order chi connectivity index (χ1) is 16.1. The molecule has 5 rings (SSSR count). The number of hydrogen-bond acceptors (Lipinski definition) is 4.